The van der Waals surface area contributed by atoms with E-state index < -0.39 is 0 Å². The maximum Gasteiger partial charge on any atom is 0.0175 e. The highest BCUT2D eigenvalue weighted by molar-refractivity contribution is 5.62. The van der Waals surface area contributed by atoms with E-state index in [9.17, 15) is 0 Å². The maximum absolute atomic E-state index is 4.11. The quantitative estimate of drug-likeness (QED) is 0.627. The van der Waals surface area contributed by atoms with Crippen LogP contribution in [-0.4, -0.2) is 24.0 Å². The van der Waals surface area contributed by atoms with Crippen LogP contribution in [0.5, 0.6) is 0 Å². The van der Waals surface area contributed by atoms with E-state index in [1.54, 1.807) is 0 Å². The molecule has 0 aromatic heterocycles. The van der Waals surface area contributed by atoms with Crippen molar-refractivity contribution < 1.29 is 0 Å². The first kappa shape index (κ1) is 17.7. The van der Waals surface area contributed by atoms with Crippen molar-refractivity contribution >= 4 is 11.6 Å². The topological polar surface area (TPSA) is 3.24 Å². The molecule has 1 heteroatoms. The molecule has 3 rings (SSSR count). The van der Waals surface area contributed by atoms with E-state index in [2.05, 4.69) is 92.1 Å². The van der Waals surface area contributed by atoms with Crippen LogP contribution in [-0.2, 0) is 0 Å². The van der Waals surface area contributed by atoms with Crippen LogP contribution in [0.1, 0.15) is 49.3 Å². The number of allylic oxidation sites excluding steroid dienone is 1. The van der Waals surface area contributed by atoms with Gasteiger partial charge < -0.3 is 0 Å². The Kier molecular flexibility index (Phi) is 5.88. The molecular formula is C24H29N. The van der Waals surface area contributed by atoms with E-state index in [1.807, 2.05) is 0 Å². The van der Waals surface area contributed by atoms with E-state index in [4.69, 9.17) is 0 Å². The monoisotopic (exact) mass is 331 g/mol. The summed E-state index contributed by atoms with van der Waals surface area (Å²) in [5.74, 6) is 0.387. The molecule has 0 saturated carbocycles. The first-order valence-electron chi connectivity index (χ1n) is 9.38. The zero-order valence-corrected chi connectivity index (χ0v) is 15.5. The average Bonchev–Trinajstić information content (AvgIpc) is 3.17. The summed E-state index contributed by atoms with van der Waals surface area (Å²) in [5.41, 5.74) is 5.01. The summed E-state index contributed by atoms with van der Waals surface area (Å²) in [6, 6.07) is 20.0. The Bertz CT molecular complexity index is 723. The third-order valence-corrected chi connectivity index (χ3v) is 5.30. The van der Waals surface area contributed by atoms with Gasteiger partial charge >= 0.3 is 0 Å². The molecule has 1 heterocycles. The lowest BCUT2D eigenvalue weighted by molar-refractivity contribution is 0.242. The van der Waals surface area contributed by atoms with Crippen molar-refractivity contribution in [2.24, 2.45) is 0 Å². The number of nitrogens with zero attached hydrogens (tertiary/aromatic N) is 1. The molecule has 0 amide bonds. The molecule has 0 aliphatic carbocycles. The summed E-state index contributed by atoms with van der Waals surface area (Å²) >= 11 is 0. The van der Waals surface area contributed by atoms with Crippen molar-refractivity contribution in [3.8, 4) is 0 Å². The van der Waals surface area contributed by atoms with Gasteiger partial charge in [0.25, 0.3) is 0 Å². The van der Waals surface area contributed by atoms with Crippen molar-refractivity contribution in [3.63, 3.8) is 0 Å². The minimum atomic E-state index is 0.387. The van der Waals surface area contributed by atoms with Gasteiger partial charge in [0.05, 0.1) is 0 Å². The first-order valence-corrected chi connectivity index (χ1v) is 9.38. The minimum absolute atomic E-state index is 0.387. The Labute approximate surface area is 152 Å². The summed E-state index contributed by atoms with van der Waals surface area (Å²) in [5, 5.41) is 0. The number of rotatable bonds is 6. The van der Waals surface area contributed by atoms with Gasteiger partial charge in [0.1, 0.15) is 0 Å². The third-order valence-electron chi connectivity index (χ3n) is 5.30. The first-order chi connectivity index (χ1) is 12.1. The van der Waals surface area contributed by atoms with Gasteiger partial charge in [0, 0.05) is 12.0 Å². The lowest BCUT2D eigenvalue weighted by atomic mass is 9.88. The van der Waals surface area contributed by atoms with Crippen LogP contribution in [0.25, 0.3) is 11.6 Å². The Morgan fingerprint density at radius 2 is 1.76 bits per heavy atom. The minimum Gasteiger partial charge on any atom is -0.300 e. The van der Waals surface area contributed by atoms with Gasteiger partial charge in [0.2, 0.25) is 0 Å². The van der Waals surface area contributed by atoms with E-state index in [1.165, 1.54) is 42.6 Å². The molecule has 2 aromatic rings. The Hall–Kier alpha value is -2.12. The molecule has 1 aliphatic heterocycles. The fourth-order valence-corrected chi connectivity index (χ4v) is 3.72. The van der Waals surface area contributed by atoms with Gasteiger partial charge in [-0.25, -0.2) is 0 Å². The standard InChI is InChI=1S/C24H29N/c1-19(2)22-12-9-13-23(18-22)24(20(3)25-16-7-8-17-25)15-14-21-10-5-4-6-11-21/h4-6,9-15,18,20,24H,1,7-8,16-17H2,2-3H3. The summed E-state index contributed by atoms with van der Waals surface area (Å²) in [4.78, 5) is 2.63. The molecule has 0 bridgehead atoms. The molecule has 0 N–H and O–H groups in total. The normalized spacial score (nSPS) is 17.7. The van der Waals surface area contributed by atoms with Gasteiger partial charge in [-0.05, 0) is 56.5 Å². The predicted octanol–water partition coefficient (Wildman–Crippen LogP) is 6.00. The highest BCUT2D eigenvalue weighted by atomic mass is 15.2. The highest BCUT2D eigenvalue weighted by Crippen LogP contribution is 2.30. The molecule has 0 spiro atoms. The second kappa shape index (κ2) is 8.31. The zero-order chi connectivity index (χ0) is 17.6. The molecule has 130 valence electrons. The largest absolute Gasteiger partial charge is 0.300 e. The number of likely N-dealkylation sites (tertiary alicyclic amines) is 1. The van der Waals surface area contributed by atoms with Gasteiger partial charge in [0.15, 0.2) is 0 Å². The fraction of sp³-hybridized carbons (Fsp3) is 0.333. The summed E-state index contributed by atoms with van der Waals surface area (Å²) in [7, 11) is 0. The van der Waals surface area contributed by atoms with Crippen LogP contribution >= 0.6 is 0 Å². The Morgan fingerprint density at radius 1 is 1.04 bits per heavy atom. The van der Waals surface area contributed by atoms with Crippen molar-refractivity contribution in [2.75, 3.05) is 13.1 Å². The summed E-state index contributed by atoms with van der Waals surface area (Å²) in [6.07, 6.45) is 7.30. The van der Waals surface area contributed by atoms with E-state index in [-0.39, 0.29) is 0 Å². The summed E-state index contributed by atoms with van der Waals surface area (Å²) < 4.78 is 0. The van der Waals surface area contributed by atoms with E-state index in [0.29, 0.717) is 12.0 Å². The van der Waals surface area contributed by atoms with E-state index in [0.717, 1.165) is 5.57 Å². The number of hydrogen-bond acceptors (Lipinski definition) is 1. The second-order valence-electron chi connectivity index (χ2n) is 7.19. The van der Waals surface area contributed by atoms with Crippen LogP contribution in [0.4, 0.5) is 0 Å². The van der Waals surface area contributed by atoms with Crippen molar-refractivity contribution in [3.05, 3.63) is 83.9 Å². The SMILES string of the molecule is C=C(C)c1cccc(C(C=Cc2ccccc2)C(C)N2CCCC2)c1. The van der Waals surface area contributed by atoms with E-state index >= 15 is 0 Å². The summed E-state index contributed by atoms with van der Waals surface area (Å²) in [6.45, 7) is 11.0. The molecule has 2 aromatic carbocycles. The van der Waals surface area contributed by atoms with Gasteiger partial charge in [-0.15, -0.1) is 0 Å². The number of hydrogen-bond donors (Lipinski definition) is 0. The average molecular weight is 332 g/mol. The zero-order valence-electron chi connectivity index (χ0n) is 15.5. The van der Waals surface area contributed by atoms with Crippen LogP contribution in [0.2, 0.25) is 0 Å². The fourth-order valence-electron chi connectivity index (χ4n) is 3.72. The predicted molar refractivity (Wildman–Crippen MR) is 110 cm³/mol. The molecular weight excluding hydrogens is 302 g/mol. The van der Waals surface area contributed by atoms with Gasteiger partial charge in [-0.1, -0.05) is 78.9 Å². The number of benzene rings is 2. The van der Waals surface area contributed by atoms with Gasteiger partial charge in [-0.2, -0.15) is 0 Å². The maximum atomic E-state index is 4.11. The highest BCUT2D eigenvalue weighted by Gasteiger charge is 2.25. The Balaban J connectivity index is 1.92. The second-order valence-corrected chi connectivity index (χ2v) is 7.19. The van der Waals surface area contributed by atoms with Crippen LogP contribution in [0.3, 0.4) is 0 Å². The van der Waals surface area contributed by atoms with Crippen molar-refractivity contribution in [1.29, 1.82) is 0 Å². The third kappa shape index (κ3) is 4.49. The van der Waals surface area contributed by atoms with Crippen molar-refractivity contribution in [2.45, 2.75) is 38.6 Å². The molecule has 25 heavy (non-hydrogen) atoms. The van der Waals surface area contributed by atoms with Crippen molar-refractivity contribution in [1.82, 2.24) is 4.90 Å². The smallest absolute Gasteiger partial charge is 0.0175 e. The molecule has 1 aliphatic rings. The molecule has 0 radical (unpaired) electrons. The van der Waals surface area contributed by atoms with Crippen LogP contribution in [0, 0.1) is 0 Å². The van der Waals surface area contributed by atoms with Crippen LogP contribution in [0.15, 0.2) is 67.3 Å². The Morgan fingerprint density at radius 3 is 2.44 bits per heavy atom. The van der Waals surface area contributed by atoms with Crippen LogP contribution < -0.4 is 0 Å². The molecule has 1 saturated heterocycles. The van der Waals surface area contributed by atoms with Gasteiger partial charge in [-0.3, -0.25) is 4.90 Å². The molecule has 2 unspecified atom stereocenters. The molecule has 1 fully saturated rings. The lowest BCUT2D eigenvalue weighted by Crippen LogP contribution is -2.34. The molecule has 1 nitrogen and oxygen atoms in total. The lowest BCUT2D eigenvalue weighted by Gasteiger charge is -2.30. The molecule has 2 atom stereocenters.